The van der Waals surface area contributed by atoms with Crippen LogP contribution in [0, 0.1) is 0 Å². The smallest absolute Gasteiger partial charge is 0.222 e. The van der Waals surface area contributed by atoms with Crippen LogP contribution in [0.4, 0.5) is 5.69 Å². The van der Waals surface area contributed by atoms with Crippen LogP contribution in [0.3, 0.4) is 0 Å². The standard InChI is InChI=1S/C10H12N4OS/c11-10(16)9-7(2-1-3-12-9)14-6-4-8(15)13-5-6/h1-3,6,14H,4-5H2,(H2,11,16)(H,13,15). The van der Waals surface area contributed by atoms with Gasteiger partial charge in [0.25, 0.3) is 0 Å². The Morgan fingerprint density at radius 3 is 3.12 bits per heavy atom. The van der Waals surface area contributed by atoms with Crippen LogP contribution in [0.2, 0.25) is 0 Å². The molecular weight excluding hydrogens is 224 g/mol. The van der Waals surface area contributed by atoms with Crippen molar-refractivity contribution in [2.24, 2.45) is 5.73 Å². The van der Waals surface area contributed by atoms with Gasteiger partial charge >= 0.3 is 0 Å². The monoisotopic (exact) mass is 236 g/mol. The Morgan fingerprint density at radius 2 is 2.50 bits per heavy atom. The number of carbonyl (C=O) groups is 1. The molecule has 1 aliphatic heterocycles. The number of carbonyl (C=O) groups excluding carboxylic acids is 1. The normalized spacial score (nSPS) is 19.2. The predicted octanol–water partition coefficient (Wildman–Crippen LogP) is 0.0162. The van der Waals surface area contributed by atoms with Crippen LogP contribution in [-0.4, -0.2) is 28.5 Å². The van der Waals surface area contributed by atoms with Gasteiger partial charge in [0, 0.05) is 19.2 Å². The number of rotatable bonds is 3. The maximum absolute atomic E-state index is 11.0. The highest BCUT2D eigenvalue weighted by Crippen LogP contribution is 2.15. The fourth-order valence-corrected chi connectivity index (χ4v) is 1.81. The highest BCUT2D eigenvalue weighted by Gasteiger charge is 2.22. The Bertz CT molecular complexity index is 435. The van der Waals surface area contributed by atoms with Crippen LogP contribution in [0.5, 0.6) is 0 Å². The highest BCUT2D eigenvalue weighted by atomic mass is 32.1. The molecule has 16 heavy (non-hydrogen) atoms. The number of hydrogen-bond acceptors (Lipinski definition) is 4. The predicted molar refractivity (Wildman–Crippen MR) is 65.2 cm³/mol. The van der Waals surface area contributed by atoms with E-state index in [0.717, 1.165) is 5.69 Å². The summed E-state index contributed by atoms with van der Waals surface area (Å²) in [6.07, 6.45) is 2.10. The molecule has 0 spiro atoms. The summed E-state index contributed by atoms with van der Waals surface area (Å²) in [5.41, 5.74) is 6.90. The molecule has 1 aromatic rings. The summed E-state index contributed by atoms with van der Waals surface area (Å²) in [6, 6.07) is 3.73. The number of pyridine rings is 1. The molecule has 0 aromatic carbocycles. The van der Waals surface area contributed by atoms with Gasteiger partial charge in [-0.3, -0.25) is 9.78 Å². The van der Waals surface area contributed by atoms with Crippen molar-refractivity contribution >= 4 is 28.8 Å². The van der Waals surface area contributed by atoms with E-state index in [1.807, 2.05) is 6.07 Å². The summed E-state index contributed by atoms with van der Waals surface area (Å²) in [5.74, 6) is 0.0539. The summed E-state index contributed by atoms with van der Waals surface area (Å²) < 4.78 is 0. The van der Waals surface area contributed by atoms with Crippen LogP contribution in [0.1, 0.15) is 12.1 Å². The Labute approximate surface area is 98.4 Å². The van der Waals surface area contributed by atoms with Crippen LogP contribution >= 0.6 is 12.2 Å². The van der Waals surface area contributed by atoms with E-state index in [4.69, 9.17) is 18.0 Å². The second kappa shape index (κ2) is 4.44. The van der Waals surface area contributed by atoms with Gasteiger partial charge in [-0.2, -0.15) is 0 Å². The van der Waals surface area contributed by atoms with Gasteiger partial charge in [0.05, 0.1) is 11.7 Å². The van der Waals surface area contributed by atoms with Crippen LogP contribution in [-0.2, 0) is 4.79 Å². The molecule has 1 atom stereocenters. The minimum Gasteiger partial charge on any atom is -0.388 e. The first kappa shape index (κ1) is 10.8. The SMILES string of the molecule is NC(=S)c1ncccc1NC1CNC(=O)C1. The number of nitrogens with two attached hydrogens (primary N) is 1. The number of anilines is 1. The summed E-state index contributed by atoms with van der Waals surface area (Å²) in [5, 5.41) is 5.96. The van der Waals surface area contributed by atoms with Crippen molar-refractivity contribution in [1.82, 2.24) is 10.3 Å². The fourth-order valence-electron chi connectivity index (χ4n) is 1.65. The van der Waals surface area contributed by atoms with Crippen molar-refractivity contribution < 1.29 is 4.79 Å². The molecule has 0 aliphatic carbocycles. The fraction of sp³-hybridized carbons (Fsp3) is 0.300. The van der Waals surface area contributed by atoms with Gasteiger partial charge in [-0.25, -0.2) is 0 Å². The first-order chi connectivity index (χ1) is 7.66. The third-order valence-corrected chi connectivity index (χ3v) is 2.57. The van der Waals surface area contributed by atoms with E-state index in [1.54, 1.807) is 12.3 Å². The average Bonchev–Trinajstić information content (AvgIpc) is 2.64. The van der Waals surface area contributed by atoms with Crippen LogP contribution in [0.15, 0.2) is 18.3 Å². The van der Waals surface area contributed by atoms with E-state index in [1.165, 1.54) is 0 Å². The Morgan fingerprint density at radius 1 is 1.69 bits per heavy atom. The molecule has 1 amide bonds. The van der Waals surface area contributed by atoms with Gasteiger partial charge in [0.1, 0.15) is 10.7 Å². The molecule has 1 aromatic heterocycles. The molecule has 6 heteroatoms. The molecule has 0 radical (unpaired) electrons. The van der Waals surface area contributed by atoms with E-state index in [2.05, 4.69) is 15.6 Å². The van der Waals surface area contributed by atoms with Crippen LogP contribution < -0.4 is 16.4 Å². The first-order valence-electron chi connectivity index (χ1n) is 4.95. The molecule has 84 valence electrons. The number of hydrogen-bond donors (Lipinski definition) is 3. The second-order valence-corrected chi connectivity index (χ2v) is 4.05. The topological polar surface area (TPSA) is 80.0 Å². The lowest BCUT2D eigenvalue weighted by molar-refractivity contribution is -0.119. The van der Waals surface area contributed by atoms with E-state index < -0.39 is 0 Å². The largest absolute Gasteiger partial charge is 0.388 e. The Kier molecular flexibility index (Phi) is 3.00. The first-order valence-corrected chi connectivity index (χ1v) is 5.35. The van der Waals surface area contributed by atoms with Crippen molar-refractivity contribution in [3.05, 3.63) is 24.0 Å². The summed E-state index contributed by atoms with van der Waals surface area (Å²) >= 11 is 4.91. The molecule has 2 heterocycles. The molecule has 5 nitrogen and oxygen atoms in total. The third kappa shape index (κ3) is 2.27. The maximum atomic E-state index is 11.0. The van der Waals surface area contributed by atoms with Gasteiger partial charge in [0.15, 0.2) is 0 Å². The number of nitrogens with one attached hydrogen (secondary N) is 2. The third-order valence-electron chi connectivity index (χ3n) is 2.38. The molecule has 2 rings (SSSR count). The Balaban J connectivity index is 2.14. The second-order valence-electron chi connectivity index (χ2n) is 3.61. The lowest BCUT2D eigenvalue weighted by Crippen LogP contribution is -2.24. The molecule has 0 bridgehead atoms. The van der Waals surface area contributed by atoms with Gasteiger partial charge in [-0.15, -0.1) is 0 Å². The van der Waals surface area contributed by atoms with Crippen molar-refractivity contribution in [2.45, 2.75) is 12.5 Å². The molecule has 4 N–H and O–H groups in total. The zero-order valence-corrected chi connectivity index (χ0v) is 9.38. The van der Waals surface area contributed by atoms with E-state index in [0.29, 0.717) is 18.7 Å². The minimum absolute atomic E-state index is 0.0539. The molecular formula is C10H12N4OS. The van der Waals surface area contributed by atoms with Crippen molar-refractivity contribution in [3.8, 4) is 0 Å². The number of amides is 1. The quantitative estimate of drug-likeness (QED) is 0.645. The molecule has 0 saturated carbocycles. The molecule has 1 fully saturated rings. The lowest BCUT2D eigenvalue weighted by Gasteiger charge is -2.14. The highest BCUT2D eigenvalue weighted by molar-refractivity contribution is 7.80. The number of aromatic nitrogens is 1. The maximum Gasteiger partial charge on any atom is 0.222 e. The van der Waals surface area contributed by atoms with Gasteiger partial charge in [-0.1, -0.05) is 12.2 Å². The molecule has 1 unspecified atom stereocenters. The van der Waals surface area contributed by atoms with Crippen molar-refractivity contribution in [1.29, 1.82) is 0 Å². The Hall–Kier alpha value is -1.69. The summed E-state index contributed by atoms with van der Waals surface area (Å²) in [4.78, 5) is 15.4. The van der Waals surface area contributed by atoms with Crippen molar-refractivity contribution in [2.75, 3.05) is 11.9 Å². The van der Waals surface area contributed by atoms with Gasteiger partial charge in [0.2, 0.25) is 5.91 Å². The lowest BCUT2D eigenvalue weighted by atomic mass is 10.2. The zero-order valence-electron chi connectivity index (χ0n) is 8.56. The summed E-state index contributed by atoms with van der Waals surface area (Å²) in [6.45, 7) is 0.616. The van der Waals surface area contributed by atoms with Gasteiger partial charge in [-0.05, 0) is 12.1 Å². The number of nitrogens with zero attached hydrogens (tertiary/aromatic N) is 1. The molecule has 1 saturated heterocycles. The zero-order chi connectivity index (χ0) is 11.5. The van der Waals surface area contributed by atoms with Gasteiger partial charge < -0.3 is 16.4 Å². The average molecular weight is 236 g/mol. The van der Waals surface area contributed by atoms with Crippen molar-refractivity contribution in [3.63, 3.8) is 0 Å². The molecule has 1 aliphatic rings. The summed E-state index contributed by atoms with van der Waals surface area (Å²) in [7, 11) is 0. The van der Waals surface area contributed by atoms with Crippen LogP contribution in [0.25, 0.3) is 0 Å². The minimum atomic E-state index is 0.0539. The van der Waals surface area contributed by atoms with E-state index in [9.17, 15) is 4.79 Å². The van der Waals surface area contributed by atoms with E-state index >= 15 is 0 Å². The number of thiocarbonyl (C=S) groups is 1. The van der Waals surface area contributed by atoms with E-state index in [-0.39, 0.29) is 16.9 Å².